The van der Waals surface area contributed by atoms with Crippen molar-refractivity contribution in [2.45, 2.75) is 38.6 Å². The third kappa shape index (κ3) is 4.96. The molecule has 0 amide bonds. The molecule has 2 rings (SSSR count). The second-order valence-electron chi connectivity index (χ2n) is 5.90. The van der Waals surface area contributed by atoms with E-state index in [-0.39, 0.29) is 0 Å². The minimum absolute atomic E-state index is 0.925. The van der Waals surface area contributed by atoms with Crippen LogP contribution in [0.2, 0.25) is 0 Å². The van der Waals surface area contributed by atoms with Crippen LogP contribution in [0, 0.1) is 5.92 Å². The molecule has 0 spiro atoms. The number of nitrogens with one attached hydrogen (secondary N) is 1. The van der Waals surface area contributed by atoms with Gasteiger partial charge in [0, 0.05) is 32.5 Å². The molecule has 1 aromatic heterocycles. The molecule has 4 nitrogen and oxygen atoms in total. The number of aryl methyl sites for hydroxylation is 1. The Morgan fingerprint density at radius 3 is 2.84 bits per heavy atom. The molecule has 1 saturated carbocycles. The third-order valence-electron chi connectivity index (χ3n) is 4.16. The molecule has 1 aromatic rings. The summed E-state index contributed by atoms with van der Waals surface area (Å²) in [6, 6.07) is 0. The van der Waals surface area contributed by atoms with Crippen LogP contribution >= 0.6 is 0 Å². The van der Waals surface area contributed by atoms with Crippen LogP contribution in [-0.2, 0) is 13.6 Å². The molecule has 0 unspecified atom stereocenters. The zero-order valence-corrected chi connectivity index (χ0v) is 12.4. The molecule has 0 aromatic carbocycles. The Morgan fingerprint density at radius 1 is 1.37 bits per heavy atom. The van der Waals surface area contributed by atoms with E-state index in [0.717, 1.165) is 31.4 Å². The van der Waals surface area contributed by atoms with Crippen molar-refractivity contribution in [1.82, 2.24) is 19.8 Å². The van der Waals surface area contributed by atoms with Crippen molar-refractivity contribution in [3.05, 3.63) is 18.2 Å². The molecule has 0 atom stereocenters. The zero-order valence-electron chi connectivity index (χ0n) is 12.4. The summed E-state index contributed by atoms with van der Waals surface area (Å²) in [5, 5.41) is 3.61. The fraction of sp³-hybridized carbons (Fsp3) is 0.800. The maximum Gasteiger partial charge on any atom is 0.122 e. The van der Waals surface area contributed by atoms with Gasteiger partial charge in [0.05, 0.1) is 6.54 Å². The lowest BCUT2D eigenvalue weighted by Gasteiger charge is -2.22. The Hall–Kier alpha value is -0.870. The summed E-state index contributed by atoms with van der Waals surface area (Å²) in [6.45, 7) is 4.29. The quantitative estimate of drug-likeness (QED) is 0.765. The van der Waals surface area contributed by atoms with Gasteiger partial charge >= 0.3 is 0 Å². The van der Waals surface area contributed by atoms with Crippen molar-refractivity contribution >= 4 is 0 Å². The van der Waals surface area contributed by atoms with Crippen LogP contribution in [0.25, 0.3) is 0 Å². The number of aromatic nitrogens is 2. The van der Waals surface area contributed by atoms with E-state index in [2.05, 4.69) is 33.9 Å². The second kappa shape index (κ2) is 7.65. The Bertz CT molecular complexity index is 355. The molecule has 0 aliphatic heterocycles. The number of likely N-dealkylation sites (N-methyl/N-ethyl adjacent to an activating group) is 1. The summed E-state index contributed by atoms with van der Waals surface area (Å²) in [5.41, 5.74) is 0. The maximum absolute atomic E-state index is 4.36. The molecule has 1 aliphatic rings. The molecule has 0 bridgehead atoms. The van der Waals surface area contributed by atoms with Gasteiger partial charge in [0.1, 0.15) is 5.82 Å². The molecule has 1 fully saturated rings. The highest BCUT2D eigenvalue weighted by atomic mass is 15.2. The minimum atomic E-state index is 0.925. The van der Waals surface area contributed by atoms with Gasteiger partial charge in [-0.25, -0.2) is 4.98 Å². The summed E-state index contributed by atoms with van der Waals surface area (Å²) in [5.74, 6) is 2.06. The van der Waals surface area contributed by atoms with Gasteiger partial charge in [-0.05, 0) is 32.4 Å². The largest absolute Gasteiger partial charge is 0.337 e. The Balaban J connectivity index is 1.56. The minimum Gasteiger partial charge on any atom is -0.337 e. The number of hydrogen-bond acceptors (Lipinski definition) is 3. The molecule has 0 saturated heterocycles. The van der Waals surface area contributed by atoms with Gasteiger partial charge in [0.2, 0.25) is 0 Å². The first kappa shape index (κ1) is 14.5. The predicted molar refractivity (Wildman–Crippen MR) is 79.0 cm³/mol. The topological polar surface area (TPSA) is 33.1 Å². The van der Waals surface area contributed by atoms with Gasteiger partial charge in [-0.3, -0.25) is 4.90 Å². The van der Waals surface area contributed by atoms with Crippen LogP contribution < -0.4 is 5.32 Å². The number of nitrogens with zero attached hydrogens (tertiary/aromatic N) is 3. The molecule has 19 heavy (non-hydrogen) atoms. The first-order chi connectivity index (χ1) is 9.25. The Morgan fingerprint density at radius 2 is 2.16 bits per heavy atom. The SMILES string of the molecule is CN(CCNCC1CCCCC1)Cc1nccn1C. The van der Waals surface area contributed by atoms with Crippen LogP contribution in [0.4, 0.5) is 0 Å². The van der Waals surface area contributed by atoms with E-state index in [9.17, 15) is 0 Å². The lowest BCUT2D eigenvalue weighted by Crippen LogP contribution is -2.32. The predicted octanol–water partition coefficient (Wildman–Crippen LogP) is 2.02. The van der Waals surface area contributed by atoms with Gasteiger partial charge in [-0.15, -0.1) is 0 Å². The smallest absolute Gasteiger partial charge is 0.122 e. The van der Waals surface area contributed by atoms with Crippen LogP contribution in [0.15, 0.2) is 12.4 Å². The van der Waals surface area contributed by atoms with Crippen LogP contribution in [-0.4, -0.2) is 41.1 Å². The molecule has 4 heteroatoms. The molecule has 108 valence electrons. The van der Waals surface area contributed by atoms with Gasteiger partial charge in [-0.1, -0.05) is 19.3 Å². The summed E-state index contributed by atoms with van der Waals surface area (Å²) < 4.78 is 2.09. The summed E-state index contributed by atoms with van der Waals surface area (Å²) in [7, 11) is 4.22. The monoisotopic (exact) mass is 264 g/mol. The highest BCUT2D eigenvalue weighted by Crippen LogP contribution is 2.22. The second-order valence-corrected chi connectivity index (χ2v) is 5.90. The van der Waals surface area contributed by atoms with E-state index in [1.54, 1.807) is 0 Å². The average Bonchev–Trinajstić information content (AvgIpc) is 2.82. The first-order valence-electron chi connectivity index (χ1n) is 7.61. The number of rotatable bonds is 7. The molecule has 1 N–H and O–H groups in total. The molecule has 0 radical (unpaired) electrons. The highest BCUT2D eigenvalue weighted by molar-refractivity contribution is 4.90. The van der Waals surface area contributed by atoms with Crippen molar-refractivity contribution in [1.29, 1.82) is 0 Å². The summed E-state index contributed by atoms with van der Waals surface area (Å²) in [4.78, 5) is 6.69. The van der Waals surface area contributed by atoms with E-state index in [1.807, 2.05) is 12.4 Å². The van der Waals surface area contributed by atoms with Crippen molar-refractivity contribution < 1.29 is 0 Å². The maximum atomic E-state index is 4.36. The first-order valence-corrected chi connectivity index (χ1v) is 7.61. The normalized spacial score (nSPS) is 17.2. The zero-order chi connectivity index (χ0) is 13.5. The Kier molecular flexibility index (Phi) is 5.86. The standard InChI is InChI=1S/C15H28N4/c1-18(13-15-17-9-11-19(15)2)10-8-16-12-14-6-4-3-5-7-14/h9,11,14,16H,3-8,10,12-13H2,1-2H3. The number of hydrogen-bond donors (Lipinski definition) is 1. The fourth-order valence-corrected chi connectivity index (χ4v) is 2.84. The third-order valence-corrected chi connectivity index (χ3v) is 4.16. The summed E-state index contributed by atoms with van der Waals surface area (Å²) >= 11 is 0. The lowest BCUT2D eigenvalue weighted by atomic mass is 9.89. The van der Waals surface area contributed by atoms with Gasteiger partial charge < -0.3 is 9.88 Å². The van der Waals surface area contributed by atoms with Crippen LogP contribution in [0.5, 0.6) is 0 Å². The van der Waals surface area contributed by atoms with E-state index in [0.29, 0.717) is 0 Å². The van der Waals surface area contributed by atoms with Gasteiger partial charge in [0.15, 0.2) is 0 Å². The van der Waals surface area contributed by atoms with Crippen molar-refractivity contribution in [3.8, 4) is 0 Å². The van der Waals surface area contributed by atoms with Gasteiger partial charge in [-0.2, -0.15) is 0 Å². The molecule has 1 heterocycles. The lowest BCUT2D eigenvalue weighted by molar-refractivity contribution is 0.297. The van der Waals surface area contributed by atoms with E-state index >= 15 is 0 Å². The molecular formula is C15H28N4. The average molecular weight is 264 g/mol. The van der Waals surface area contributed by atoms with Crippen molar-refractivity contribution in [2.24, 2.45) is 13.0 Å². The van der Waals surface area contributed by atoms with Gasteiger partial charge in [0.25, 0.3) is 0 Å². The van der Waals surface area contributed by atoms with Crippen LogP contribution in [0.3, 0.4) is 0 Å². The van der Waals surface area contributed by atoms with E-state index in [4.69, 9.17) is 0 Å². The Labute approximate surface area is 117 Å². The fourth-order valence-electron chi connectivity index (χ4n) is 2.84. The number of imidazole rings is 1. The van der Waals surface area contributed by atoms with Crippen LogP contribution in [0.1, 0.15) is 37.9 Å². The highest BCUT2D eigenvalue weighted by Gasteiger charge is 2.12. The van der Waals surface area contributed by atoms with Crippen molar-refractivity contribution in [3.63, 3.8) is 0 Å². The molecule has 1 aliphatic carbocycles. The summed E-state index contributed by atoms with van der Waals surface area (Å²) in [6.07, 6.45) is 11.0. The van der Waals surface area contributed by atoms with E-state index in [1.165, 1.54) is 38.6 Å². The van der Waals surface area contributed by atoms with E-state index < -0.39 is 0 Å². The van der Waals surface area contributed by atoms with Crippen molar-refractivity contribution in [2.75, 3.05) is 26.7 Å². The molecular weight excluding hydrogens is 236 g/mol.